The molecule has 0 radical (unpaired) electrons. The molecule has 0 amide bonds. The summed E-state index contributed by atoms with van der Waals surface area (Å²) in [5.41, 5.74) is 5.60. The second kappa shape index (κ2) is 3.75. The van der Waals surface area contributed by atoms with Crippen molar-refractivity contribution in [1.82, 2.24) is 4.37 Å². The highest BCUT2D eigenvalue weighted by molar-refractivity contribution is 7.99. The third-order valence-electron chi connectivity index (χ3n) is 2.17. The summed E-state index contributed by atoms with van der Waals surface area (Å²) in [6.45, 7) is 3.37. The lowest BCUT2D eigenvalue weighted by Gasteiger charge is -2.33. The van der Waals surface area contributed by atoms with Crippen LogP contribution in [-0.2, 0) is 0 Å². The van der Waals surface area contributed by atoms with Gasteiger partial charge in [-0.15, -0.1) is 0 Å². The third kappa shape index (κ3) is 1.91. The maximum absolute atomic E-state index is 5.60. The predicted octanol–water partition coefficient (Wildman–Crippen LogP) is 1.67. The lowest BCUT2D eigenvalue weighted by Crippen LogP contribution is -2.39. The van der Waals surface area contributed by atoms with Crippen molar-refractivity contribution in [3.05, 3.63) is 6.07 Å². The number of nitrogens with two attached hydrogens (primary N) is 1. The van der Waals surface area contributed by atoms with E-state index in [0.717, 1.165) is 6.54 Å². The summed E-state index contributed by atoms with van der Waals surface area (Å²) >= 11 is 3.52. The summed E-state index contributed by atoms with van der Waals surface area (Å²) in [4.78, 5) is 2.39. The number of aromatic nitrogens is 1. The maximum Gasteiger partial charge on any atom is 0.139 e. The van der Waals surface area contributed by atoms with Crippen molar-refractivity contribution in [2.24, 2.45) is 0 Å². The summed E-state index contributed by atoms with van der Waals surface area (Å²) in [5.74, 6) is 3.06. The zero-order chi connectivity index (χ0) is 9.26. The quantitative estimate of drug-likeness (QED) is 0.774. The van der Waals surface area contributed by atoms with Crippen LogP contribution in [0.4, 0.5) is 10.8 Å². The molecule has 0 aliphatic carbocycles. The minimum atomic E-state index is 0.610. The van der Waals surface area contributed by atoms with Gasteiger partial charge in [-0.1, -0.05) is 0 Å². The van der Waals surface area contributed by atoms with Crippen LogP contribution in [-0.4, -0.2) is 28.5 Å². The van der Waals surface area contributed by atoms with Crippen molar-refractivity contribution in [2.45, 2.75) is 13.0 Å². The first-order valence-electron chi connectivity index (χ1n) is 4.34. The summed E-state index contributed by atoms with van der Waals surface area (Å²) < 4.78 is 4.10. The second-order valence-corrected chi connectivity index (χ2v) is 5.14. The molecule has 1 atom stereocenters. The fourth-order valence-electron chi connectivity index (χ4n) is 1.47. The summed E-state index contributed by atoms with van der Waals surface area (Å²) in [6.07, 6.45) is 0. The van der Waals surface area contributed by atoms with Crippen molar-refractivity contribution in [3.8, 4) is 0 Å². The van der Waals surface area contributed by atoms with Crippen LogP contribution in [0.5, 0.6) is 0 Å². The standard InChI is InChI=1S/C8H13N3S2/c1-6-5-12-3-2-11(6)8-4-7(9)10-13-8/h4,6H,2-3,5H2,1H3,(H2,9,10). The molecule has 72 valence electrons. The molecule has 3 nitrogen and oxygen atoms in total. The molecule has 0 spiro atoms. The van der Waals surface area contributed by atoms with Crippen molar-refractivity contribution < 1.29 is 0 Å². The Morgan fingerprint density at radius 3 is 3.15 bits per heavy atom. The molecular formula is C8H13N3S2. The molecule has 0 aromatic carbocycles. The monoisotopic (exact) mass is 215 g/mol. The van der Waals surface area contributed by atoms with Gasteiger partial charge >= 0.3 is 0 Å². The van der Waals surface area contributed by atoms with Gasteiger partial charge in [0.25, 0.3) is 0 Å². The topological polar surface area (TPSA) is 42.1 Å². The molecule has 1 aliphatic rings. The van der Waals surface area contributed by atoms with Gasteiger partial charge in [0, 0.05) is 30.2 Å². The van der Waals surface area contributed by atoms with Gasteiger partial charge < -0.3 is 10.6 Å². The molecule has 1 aliphatic heterocycles. The SMILES string of the molecule is CC1CSCCN1c1cc(N)ns1. The van der Waals surface area contributed by atoms with Gasteiger partial charge in [-0.05, 0) is 18.5 Å². The van der Waals surface area contributed by atoms with Crippen LogP contribution >= 0.6 is 23.3 Å². The van der Waals surface area contributed by atoms with Crippen molar-refractivity contribution in [2.75, 3.05) is 28.7 Å². The van der Waals surface area contributed by atoms with E-state index in [0.29, 0.717) is 11.9 Å². The van der Waals surface area contributed by atoms with Crippen molar-refractivity contribution in [3.63, 3.8) is 0 Å². The number of rotatable bonds is 1. The Bertz CT molecular complexity index is 287. The molecule has 2 rings (SSSR count). The van der Waals surface area contributed by atoms with Crippen LogP contribution < -0.4 is 10.6 Å². The molecular weight excluding hydrogens is 202 g/mol. The Morgan fingerprint density at radius 2 is 2.54 bits per heavy atom. The molecule has 13 heavy (non-hydrogen) atoms. The third-order valence-corrected chi connectivity index (χ3v) is 4.20. The number of hydrogen-bond donors (Lipinski definition) is 1. The van der Waals surface area contributed by atoms with Crippen molar-refractivity contribution in [1.29, 1.82) is 0 Å². The zero-order valence-corrected chi connectivity index (χ0v) is 9.20. The zero-order valence-electron chi connectivity index (χ0n) is 7.56. The number of hydrogen-bond acceptors (Lipinski definition) is 5. The molecule has 1 unspecified atom stereocenters. The van der Waals surface area contributed by atoms with Gasteiger partial charge in [-0.25, -0.2) is 0 Å². The van der Waals surface area contributed by atoms with Crippen molar-refractivity contribution >= 4 is 34.1 Å². The maximum atomic E-state index is 5.60. The van der Waals surface area contributed by atoms with Crippen LogP contribution in [0.2, 0.25) is 0 Å². The van der Waals surface area contributed by atoms with Gasteiger partial charge in [-0.3, -0.25) is 0 Å². The number of nitrogen functional groups attached to an aromatic ring is 1. The second-order valence-electron chi connectivity index (χ2n) is 3.21. The number of anilines is 2. The summed E-state index contributed by atoms with van der Waals surface area (Å²) in [6, 6.07) is 2.58. The largest absolute Gasteiger partial charge is 0.383 e. The van der Waals surface area contributed by atoms with Gasteiger partial charge in [0.15, 0.2) is 0 Å². The Kier molecular flexibility index (Phi) is 2.64. The first-order valence-corrected chi connectivity index (χ1v) is 6.27. The number of thioether (sulfide) groups is 1. The average Bonchev–Trinajstić information content (AvgIpc) is 2.53. The van der Waals surface area contributed by atoms with E-state index < -0.39 is 0 Å². The Balaban J connectivity index is 2.14. The minimum Gasteiger partial charge on any atom is -0.383 e. The highest BCUT2D eigenvalue weighted by Gasteiger charge is 2.20. The molecule has 1 fully saturated rings. The van der Waals surface area contributed by atoms with Gasteiger partial charge in [-0.2, -0.15) is 16.1 Å². The molecule has 0 bridgehead atoms. The van der Waals surface area contributed by atoms with E-state index in [1.54, 1.807) is 0 Å². The highest BCUT2D eigenvalue weighted by atomic mass is 32.2. The Labute approximate surface area is 86.5 Å². The lowest BCUT2D eigenvalue weighted by molar-refractivity contribution is 0.706. The smallest absolute Gasteiger partial charge is 0.139 e. The molecule has 5 heteroatoms. The van der Waals surface area contributed by atoms with Crippen LogP contribution in [0.15, 0.2) is 6.07 Å². The average molecular weight is 215 g/mol. The minimum absolute atomic E-state index is 0.610. The lowest BCUT2D eigenvalue weighted by atomic mass is 10.3. The molecule has 1 aromatic heterocycles. The molecule has 2 N–H and O–H groups in total. The van der Waals surface area contributed by atoms with E-state index in [9.17, 15) is 0 Å². The van der Waals surface area contributed by atoms with Crippen LogP contribution in [0, 0.1) is 0 Å². The normalized spacial score (nSPS) is 23.5. The fourth-order valence-corrected chi connectivity index (χ4v) is 3.28. The van der Waals surface area contributed by atoms with Gasteiger partial charge in [0.2, 0.25) is 0 Å². The Hall–Kier alpha value is -0.420. The molecule has 1 aromatic rings. The van der Waals surface area contributed by atoms with Crippen LogP contribution in [0.25, 0.3) is 0 Å². The first-order chi connectivity index (χ1) is 6.27. The van der Waals surface area contributed by atoms with Crippen LogP contribution in [0.3, 0.4) is 0 Å². The van der Waals surface area contributed by atoms with E-state index >= 15 is 0 Å². The Morgan fingerprint density at radius 1 is 1.69 bits per heavy atom. The van der Waals surface area contributed by atoms with Gasteiger partial charge in [0.05, 0.1) is 0 Å². The summed E-state index contributed by atoms with van der Waals surface area (Å²) in [7, 11) is 0. The van der Waals surface area contributed by atoms with E-state index in [4.69, 9.17) is 5.73 Å². The number of nitrogens with zero attached hydrogens (tertiary/aromatic N) is 2. The van der Waals surface area contributed by atoms with E-state index in [1.165, 1.54) is 28.0 Å². The molecule has 0 saturated carbocycles. The highest BCUT2D eigenvalue weighted by Crippen LogP contribution is 2.28. The molecule has 1 saturated heterocycles. The fraction of sp³-hybridized carbons (Fsp3) is 0.625. The first kappa shape index (κ1) is 9.15. The summed E-state index contributed by atoms with van der Waals surface area (Å²) in [5, 5.41) is 1.21. The predicted molar refractivity (Wildman–Crippen MR) is 60.7 cm³/mol. The van der Waals surface area contributed by atoms with Crippen LogP contribution in [0.1, 0.15) is 6.92 Å². The van der Waals surface area contributed by atoms with E-state index in [1.807, 2.05) is 17.8 Å². The molecule has 2 heterocycles. The van der Waals surface area contributed by atoms with E-state index in [-0.39, 0.29) is 0 Å². The van der Waals surface area contributed by atoms with E-state index in [2.05, 4.69) is 16.2 Å². The van der Waals surface area contributed by atoms with Gasteiger partial charge in [0.1, 0.15) is 10.8 Å².